The number of aliphatic hydroxyl groups is 1. The minimum Gasteiger partial charge on any atom is -0.458 e. The van der Waals surface area contributed by atoms with Gasteiger partial charge in [0.2, 0.25) is 0 Å². The van der Waals surface area contributed by atoms with E-state index in [1.807, 2.05) is 0 Å². The van der Waals surface area contributed by atoms with Gasteiger partial charge < -0.3 is 9.52 Å². The van der Waals surface area contributed by atoms with Crippen molar-refractivity contribution in [3.8, 4) is 0 Å². The Morgan fingerprint density at radius 1 is 1.10 bits per heavy atom. The lowest BCUT2D eigenvalue weighted by Gasteiger charge is -2.07. The fourth-order valence-electron chi connectivity index (χ4n) is 2.14. The molecule has 20 heavy (non-hydrogen) atoms. The highest BCUT2D eigenvalue weighted by molar-refractivity contribution is 6.31. The van der Waals surface area contributed by atoms with E-state index in [1.54, 1.807) is 36.4 Å². The molecule has 0 aliphatic rings. The number of fused-ring (bicyclic) bond motifs is 1. The number of benzene rings is 2. The van der Waals surface area contributed by atoms with Crippen molar-refractivity contribution in [1.82, 2.24) is 0 Å². The molecule has 0 amide bonds. The van der Waals surface area contributed by atoms with Crippen molar-refractivity contribution in [2.24, 2.45) is 0 Å². The van der Waals surface area contributed by atoms with Crippen LogP contribution in [0.5, 0.6) is 0 Å². The van der Waals surface area contributed by atoms with Crippen LogP contribution < -0.4 is 0 Å². The summed E-state index contributed by atoms with van der Waals surface area (Å²) in [5.41, 5.74) is 1.53. The van der Waals surface area contributed by atoms with Crippen LogP contribution in [0.2, 0.25) is 5.02 Å². The van der Waals surface area contributed by atoms with Crippen molar-refractivity contribution >= 4 is 22.6 Å². The zero-order valence-electron chi connectivity index (χ0n) is 10.5. The summed E-state index contributed by atoms with van der Waals surface area (Å²) in [5, 5.41) is 11.7. The van der Waals surface area contributed by atoms with Crippen LogP contribution in [0.15, 0.2) is 52.9 Å². The smallest absolute Gasteiger partial charge is 0.134 e. The lowest BCUT2D eigenvalue weighted by atomic mass is 10.1. The first-order valence-electron chi connectivity index (χ1n) is 6.23. The van der Waals surface area contributed by atoms with Crippen LogP contribution in [0.4, 0.5) is 4.39 Å². The van der Waals surface area contributed by atoms with Gasteiger partial charge in [0.15, 0.2) is 0 Å². The number of aliphatic hydroxyl groups excluding tert-OH is 1. The van der Waals surface area contributed by atoms with E-state index >= 15 is 0 Å². The predicted molar refractivity (Wildman–Crippen MR) is 76.3 cm³/mol. The third-order valence-electron chi connectivity index (χ3n) is 3.17. The molecule has 4 heteroatoms. The Morgan fingerprint density at radius 3 is 2.60 bits per heavy atom. The Morgan fingerprint density at radius 2 is 1.85 bits per heavy atom. The Balaban J connectivity index is 1.84. The van der Waals surface area contributed by atoms with Crippen LogP contribution in [0.3, 0.4) is 0 Å². The lowest BCUT2D eigenvalue weighted by Crippen LogP contribution is -2.00. The minimum atomic E-state index is -0.772. The molecule has 2 aromatic carbocycles. The first kappa shape index (κ1) is 13.2. The minimum absolute atomic E-state index is 0.290. The maximum atomic E-state index is 12.8. The number of hydrogen-bond acceptors (Lipinski definition) is 2. The number of rotatable bonds is 3. The van der Waals surface area contributed by atoms with Crippen LogP contribution in [0.1, 0.15) is 17.4 Å². The second-order valence-corrected chi connectivity index (χ2v) is 5.11. The first-order valence-corrected chi connectivity index (χ1v) is 6.61. The summed E-state index contributed by atoms with van der Waals surface area (Å²) < 4.78 is 18.4. The zero-order valence-corrected chi connectivity index (χ0v) is 11.3. The summed E-state index contributed by atoms with van der Waals surface area (Å²) in [6.45, 7) is 0. The second kappa shape index (κ2) is 5.27. The Bertz CT molecular complexity index is 734. The van der Waals surface area contributed by atoms with Gasteiger partial charge in [0, 0.05) is 16.8 Å². The highest BCUT2D eigenvalue weighted by Gasteiger charge is 2.14. The van der Waals surface area contributed by atoms with Gasteiger partial charge in [-0.05, 0) is 42.0 Å². The van der Waals surface area contributed by atoms with Crippen LogP contribution in [0, 0.1) is 5.82 Å². The standard InChI is InChI=1S/C16H12ClFO2/c17-12-3-6-15-11(8-12)9-16(20-15)14(19)7-10-1-4-13(18)5-2-10/h1-6,8-9,14,19H,7H2. The van der Waals surface area contributed by atoms with Gasteiger partial charge in [-0.15, -0.1) is 0 Å². The van der Waals surface area contributed by atoms with Crippen LogP contribution in [-0.2, 0) is 6.42 Å². The van der Waals surface area contributed by atoms with Crippen molar-refractivity contribution < 1.29 is 13.9 Å². The quantitative estimate of drug-likeness (QED) is 0.770. The number of hydrogen-bond donors (Lipinski definition) is 1. The van der Waals surface area contributed by atoms with E-state index < -0.39 is 6.10 Å². The largest absolute Gasteiger partial charge is 0.458 e. The molecular weight excluding hydrogens is 279 g/mol. The summed E-state index contributed by atoms with van der Waals surface area (Å²) in [7, 11) is 0. The number of halogens is 2. The zero-order chi connectivity index (χ0) is 14.1. The Hall–Kier alpha value is -1.84. The molecular formula is C16H12ClFO2. The summed E-state index contributed by atoms with van der Waals surface area (Å²) in [6.07, 6.45) is -0.403. The third-order valence-corrected chi connectivity index (χ3v) is 3.40. The van der Waals surface area contributed by atoms with E-state index in [0.717, 1.165) is 10.9 Å². The maximum Gasteiger partial charge on any atom is 0.134 e. The van der Waals surface area contributed by atoms with Crippen molar-refractivity contribution in [3.05, 3.63) is 70.7 Å². The van der Waals surface area contributed by atoms with Gasteiger partial charge in [0.05, 0.1) is 0 Å². The lowest BCUT2D eigenvalue weighted by molar-refractivity contribution is 0.152. The van der Waals surface area contributed by atoms with E-state index in [2.05, 4.69) is 0 Å². The van der Waals surface area contributed by atoms with E-state index in [-0.39, 0.29) is 5.82 Å². The topological polar surface area (TPSA) is 33.4 Å². The van der Waals surface area contributed by atoms with Gasteiger partial charge in [0.1, 0.15) is 23.3 Å². The molecule has 0 aliphatic heterocycles. The third kappa shape index (κ3) is 2.69. The molecule has 1 N–H and O–H groups in total. The van der Waals surface area contributed by atoms with Gasteiger partial charge in [0.25, 0.3) is 0 Å². The van der Waals surface area contributed by atoms with Gasteiger partial charge in [-0.25, -0.2) is 4.39 Å². The summed E-state index contributed by atoms with van der Waals surface area (Å²) >= 11 is 5.91. The maximum absolute atomic E-state index is 12.8. The fourth-order valence-corrected chi connectivity index (χ4v) is 2.32. The molecule has 2 nitrogen and oxygen atoms in total. The van der Waals surface area contributed by atoms with Crippen molar-refractivity contribution in [1.29, 1.82) is 0 Å². The summed E-state index contributed by atoms with van der Waals surface area (Å²) in [4.78, 5) is 0. The second-order valence-electron chi connectivity index (χ2n) is 4.68. The van der Waals surface area contributed by atoms with E-state index in [4.69, 9.17) is 16.0 Å². The molecule has 3 rings (SSSR count). The SMILES string of the molecule is OC(Cc1ccc(F)cc1)c1cc2cc(Cl)ccc2o1. The first-order chi connectivity index (χ1) is 9.61. The average molecular weight is 291 g/mol. The van der Waals surface area contributed by atoms with Gasteiger partial charge >= 0.3 is 0 Å². The molecule has 1 unspecified atom stereocenters. The molecule has 3 aromatic rings. The van der Waals surface area contributed by atoms with Crippen molar-refractivity contribution in [2.75, 3.05) is 0 Å². The van der Waals surface area contributed by atoms with Crippen LogP contribution in [-0.4, -0.2) is 5.11 Å². The predicted octanol–water partition coefficient (Wildman–Crippen LogP) is 4.50. The highest BCUT2D eigenvalue weighted by atomic mass is 35.5. The molecule has 1 atom stereocenters. The van der Waals surface area contributed by atoms with E-state index in [0.29, 0.717) is 22.8 Å². The highest BCUT2D eigenvalue weighted by Crippen LogP contribution is 2.28. The normalized spacial score (nSPS) is 12.8. The molecule has 0 fully saturated rings. The van der Waals surface area contributed by atoms with Gasteiger partial charge in [-0.2, -0.15) is 0 Å². The Kier molecular flexibility index (Phi) is 3.47. The molecule has 0 spiro atoms. The molecule has 102 valence electrons. The molecule has 0 saturated heterocycles. The van der Waals surface area contributed by atoms with Crippen LogP contribution >= 0.6 is 11.6 Å². The molecule has 0 saturated carbocycles. The molecule has 1 heterocycles. The fraction of sp³-hybridized carbons (Fsp3) is 0.125. The summed E-state index contributed by atoms with van der Waals surface area (Å²) in [6, 6.07) is 13.1. The Labute approximate surface area is 120 Å². The van der Waals surface area contributed by atoms with Crippen LogP contribution in [0.25, 0.3) is 11.0 Å². The van der Waals surface area contributed by atoms with Gasteiger partial charge in [-0.3, -0.25) is 0 Å². The molecule has 0 aliphatic carbocycles. The van der Waals surface area contributed by atoms with E-state index in [9.17, 15) is 9.50 Å². The average Bonchev–Trinajstić information content (AvgIpc) is 2.84. The van der Waals surface area contributed by atoms with Gasteiger partial charge in [-0.1, -0.05) is 23.7 Å². The molecule has 0 radical (unpaired) electrons. The van der Waals surface area contributed by atoms with E-state index in [1.165, 1.54) is 12.1 Å². The number of furan rings is 1. The molecule has 0 bridgehead atoms. The molecule has 1 aromatic heterocycles. The monoisotopic (exact) mass is 290 g/mol. The van der Waals surface area contributed by atoms with Crippen molar-refractivity contribution in [2.45, 2.75) is 12.5 Å². The summed E-state index contributed by atoms with van der Waals surface area (Å²) in [5.74, 6) is 0.188. The van der Waals surface area contributed by atoms with Crippen molar-refractivity contribution in [3.63, 3.8) is 0 Å².